The first-order chi connectivity index (χ1) is 9.41. The molecule has 0 radical (unpaired) electrons. The van der Waals surface area contributed by atoms with Gasteiger partial charge < -0.3 is 10.0 Å². The fraction of sp³-hybridized carbons (Fsp3) is 0.273. The Morgan fingerprint density at radius 1 is 1.50 bits per heavy atom. The quantitative estimate of drug-likeness (QED) is 0.652. The van der Waals surface area contributed by atoms with Crippen molar-refractivity contribution in [2.75, 3.05) is 11.6 Å². The second-order valence-corrected chi connectivity index (χ2v) is 5.90. The maximum Gasteiger partial charge on any atom is 0.327 e. The van der Waals surface area contributed by atoms with Crippen LogP contribution in [-0.2, 0) is 4.79 Å². The van der Waals surface area contributed by atoms with Crippen LogP contribution in [0.25, 0.3) is 0 Å². The molecule has 1 saturated heterocycles. The Labute approximate surface area is 126 Å². The van der Waals surface area contributed by atoms with Gasteiger partial charge in [0.05, 0.1) is 16.4 Å². The largest absolute Gasteiger partial charge is 0.480 e. The van der Waals surface area contributed by atoms with Crippen LogP contribution in [0.1, 0.15) is 10.4 Å². The number of halogens is 1. The smallest absolute Gasteiger partial charge is 0.327 e. The number of aliphatic carboxylic acids is 1. The Morgan fingerprint density at radius 2 is 2.20 bits per heavy atom. The summed E-state index contributed by atoms with van der Waals surface area (Å²) in [5.74, 6) is -1.04. The molecule has 9 heteroatoms. The lowest BCUT2D eigenvalue weighted by atomic mass is 10.1. The highest BCUT2D eigenvalue weighted by Gasteiger charge is 2.36. The zero-order valence-corrected chi connectivity index (χ0v) is 12.4. The molecule has 1 N–H and O–H groups in total. The fourth-order valence-electron chi connectivity index (χ4n) is 1.79. The van der Waals surface area contributed by atoms with Gasteiger partial charge in [0.2, 0.25) is 0 Å². The lowest BCUT2D eigenvalue weighted by Crippen LogP contribution is -2.41. The van der Waals surface area contributed by atoms with Gasteiger partial charge in [0, 0.05) is 22.4 Å². The molecular formula is C11H9BrN2O5S. The molecule has 1 aliphatic rings. The zero-order chi connectivity index (χ0) is 14.9. The van der Waals surface area contributed by atoms with E-state index >= 15 is 0 Å². The van der Waals surface area contributed by atoms with Crippen LogP contribution in [0.2, 0.25) is 0 Å². The van der Waals surface area contributed by atoms with Crippen molar-refractivity contribution in [2.45, 2.75) is 6.04 Å². The first-order valence-electron chi connectivity index (χ1n) is 5.47. The van der Waals surface area contributed by atoms with Crippen molar-refractivity contribution in [1.29, 1.82) is 0 Å². The molecule has 0 aliphatic carbocycles. The second-order valence-electron chi connectivity index (χ2n) is 4.05. The summed E-state index contributed by atoms with van der Waals surface area (Å²) in [6.45, 7) is 0. The van der Waals surface area contributed by atoms with Crippen molar-refractivity contribution in [3.63, 3.8) is 0 Å². The monoisotopic (exact) mass is 360 g/mol. The van der Waals surface area contributed by atoms with E-state index < -0.39 is 22.8 Å². The van der Waals surface area contributed by atoms with Crippen molar-refractivity contribution in [3.05, 3.63) is 38.3 Å². The standard InChI is InChI=1S/C11H9BrN2O5S/c12-8-2-1-6(14(18)19)3-7(8)10(15)13-5-20-4-9(13)11(16)17/h1-3,9H,4-5H2,(H,16,17). The van der Waals surface area contributed by atoms with Crippen molar-refractivity contribution in [1.82, 2.24) is 4.90 Å². The molecule has 7 nitrogen and oxygen atoms in total. The zero-order valence-electron chi connectivity index (χ0n) is 9.98. The summed E-state index contributed by atoms with van der Waals surface area (Å²) in [7, 11) is 0. The number of carboxylic acids is 1. The molecule has 1 fully saturated rings. The molecule has 1 aliphatic heterocycles. The van der Waals surface area contributed by atoms with Crippen molar-refractivity contribution in [2.24, 2.45) is 0 Å². The Balaban J connectivity index is 2.35. The van der Waals surface area contributed by atoms with Crippen LogP contribution in [0.5, 0.6) is 0 Å². The number of nitrogens with zero attached hydrogens (tertiary/aromatic N) is 2. The van der Waals surface area contributed by atoms with E-state index in [0.29, 0.717) is 10.2 Å². The summed E-state index contributed by atoms with van der Waals surface area (Å²) < 4.78 is 0.397. The van der Waals surface area contributed by atoms with Crippen LogP contribution < -0.4 is 0 Å². The summed E-state index contributed by atoms with van der Waals surface area (Å²) in [4.78, 5) is 34.8. The predicted octanol–water partition coefficient (Wildman–Crippen LogP) is 1.96. The molecule has 106 valence electrons. The van der Waals surface area contributed by atoms with Crippen molar-refractivity contribution in [3.8, 4) is 0 Å². The van der Waals surface area contributed by atoms with Gasteiger partial charge in [0.15, 0.2) is 0 Å². The van der Waals surface area contributed by atoms with Crippen molar-refractivity contribution >= 4 is 45.3 Å². The molecule has 0 aromatic heterocycles. The number of thioether (sulfide) groups is 1. The van der Waals surface area contributed by atoms with Crippen LogP contribution in [0, 0.1) is 10.1 Å². The molecule has 20 heavy (non-hydrogen) atoms. The number of hydrogen-bond acceptors (Lipinski definition) is 5. The average Bonchev–Trinajstić information content (AvgIpc) is 2.87. The Morgan fingerprint density at radius 3 is 2.80 bits per heavy atom. The van der Waals surface area contributed by atoms with Crippen LogP contribution >= 0.6 is 27.7 Å². The minimum absolute atomic E-state index is 0.0907. The molecule has 1 atom stereocenters. The van der Waals surface area contributed by atoms with E-state index in [-0.39, 0.29) is 17.1 Å². The minimum Gasteiger partial charge on any atom is -0.480 e. The number of carbonyl (C=O) groups excluding carboxylic acids is 1. The number of hydrogen-bond donors (Lipinski definition) is 1. The highest BCUT2D eigenvalue weighted by molar-refractivity contribution is 9.10. The number of nitro groups is 1. The lowest BCUT2D eigenvalue weighted by Gasteiger charge is -2.20. The van der Waals surface area contributed by atoms with E-state index in [1.807, 2.05) is 0 Å². The normalized spacial score (nSPS) is 18.1. The number of amides is 1. The first kappa shape index (κ1) is 14.8. The molecule has 1 heterocycles. The van der Waals surface area contributed by atoms with Gasteiger partial charge in [-0.05, 0) is 22.0 Å². The average molecular weight is 361 g/mol. The summed E-state index contributed by atoms with van der Waals surface area (Å²) in [6.07, 6.45) is 0. The molecule has 0 spiro atoms. The Kier molecular flexibility index (Phi) is 4.29. The first-order valence-corrected chi connectivity index (χ1v) is 7.42. The van der Waals surface area contributed by atoms with Gasteiger partial charge in [-0.15, -0.1) is 11.8 Å². The number of carbonyl (C=O) groups is 2. The number of carboxylic acid groups (broad SMARTS) is 1. The van der Waals surface area contributed by atoms with Crippen LogP contribution in [0.15, 0.2) is 22.7 Å². The third-order valence-corrected chi connectivity index (χ3v) is 4.52. The Bertz CT molecular complexity index is 594. The van der Waals surface area contributed by atoms with Gasteiger partial charge >= 0.3 is 5.97 Å². The lowest BCUT2D eigenvalue weighted by molar-refractivity contribution is -0.384. The summed E-state index contributed by atoms with van der Waals surface area (Å²) in [5, 5.41) is 19.8. The maximum atomic E-state index is 12.4. The fourth-order valence-corrected chi connectivity index (χ4v) is 3.35. The molecule has 1 aromatic rings. The molecular weight excluding hydrogens is 352 g/mol. The van der Waals surface area contributed by atoms with Crippen LogP contribution in [0.4, 0.5) is 5.69 Å². The SMILES string of the molecule is O=C(O)C1CSCN1C(=O)c1cc([N+](=O)[O-])ccc1Br. The third-order valence-electron chi connectivity index (χ3n) is 2.82. The second kappa shape index (κ2) is 5.80. The predicted molar refractivity (Wildman–Crippen MR) is 75.7 cm³/mol. The minimum atomic E-state index is -1.08. The molecule has 1 unspecified atom stereocenters. The van der Waals surface area contributed by atoms with E-state index in [0.717, 1.165) is 6.07 Å². The van der Waals surface area contributed by atoms with Gasteiger partial charge in [0.1, 0.15) is 6.04 Å². The van der Waals surface area contributed by atoms with E-state index in [9.17, 15) is 19.7 Å². The van der Waals surface area contributed by atoms with Gasteiger partial charge in [0.25, 0.3) is 11.6 Å². The van der Waals surface area contributed by atoms with E-state index in [1.54, 1.807) is 0 Å². The molecule has 1 aromatic carbocycles. The number of non-ortho nitro benzene ring substituents is 1. The van der Waals surface area contributed by atoms with Gasteiger partial charge in [-0.1, -0.05) is 0 Å². The van der Waals surface area contributed by atoms with E-state index in [4.69, 9.17) is 5.11 Å². The van der Waals surface area contributed by atoms with E-state index in [1.165, 1.54) is 28.8 Å². The number of benzene rings is 1. The highest BCUT2D eigenvalue weighted by atomic mass is 79.9. The van der Waals surface area contributed by atoms with Gasteiger partial charge in [-0.3, -0.25) is 14.9 Å². The van der Waals surface area contributed by atoms with Crippen LogP contribution in [-0.4, -0.2) is 44.5 Å². The molecule has 2 rings (SSSR count). The third kappa shape index (κ3) is 2.78. The Hall–Kier alpha value is -1.61. The topological polar surface area (TPSA) is 101 Å². The summed E-state index contributed by atoms with van der Waals surface area (Å²) in [5.41, 5.74) is -0.122. The van der Waals surface area contributed by atoms with E-state index in [2.05, 4.69) is 15.9 Å². The van der Waals surface area contributed by atoms with Crippen LogP contribution in [0.3, 0.4) is 0 Å². The summed E-state index contributed by atoms with van der Waals surface area (Å²) in [6, 6.07) is 2.92. The van der Waals surface area contributed by atoms with Crippen molar-refractivity contribution < 1.29 is 19.6 Å². The molecule has 0 saturated carbocycles. The van der Waals surface area contributed by atoms with Gasteiger partial charge in [-0.2, -0.15) is 0 Å². The summed E-state index contributed by atoms with van der Waals surface area (Å²) >= 11 is 4.49. The number of rotatable bonds is 3. The number of nitro benzene ring substituents is 1. The maximum absolute atomic E-state index is 12.4. The highest BCUT2D eigenvalue weighted by Crippen LogP contribution is 2.28. The van der Waals surface area contributed by atoms with Gasteiger partial charge in [-0.25, -0.2) is 4.79 Å². The molecule has 0 bridgehead atoms. The molecule has 1 amide bonds.